The van der Waals surface area contributed by atoms with Crippen LogP contribution in [0.15, 0.2) is 29.2 Å². The summed E-state index contributed by atoms with van der Waals surface area (Å²) in [6.07, 6.45) is 0.897. The zero-order valence-corrected chi connectivity index (χ0v) is 10.8. The van der Waals surface area contributed by atoms with Gasteiger partial charge in [0.05, 0.1) is 0 Å². The fraction of sp³-hybridized carbons (Fsp3) is 0.462. The average molecular weight is 237 g/mol. The van der Waals surface area contributed by atoms with Crippen molar-refractivity contribution >= 4 is 18.0 Å². The Bertz CT molecular complexity index is 323. The van der Waals surface area contributed by atoms with Crippen molar-refractivity contribution in [1.29, 1.82) is 0 Å². The van der Waals surface area contributed by atoms with Crippen molar-refractivity contribution in [3.8, 4) is 0 Å². The molecule has 0 saturated heterocycles. The molecule has 88 valence electrons. The van der Waals surface area contributed by atoms with E-state index >= 15 is 0 Å². The van der Waals surface area contributed by atoms with Crippen LogP contribution in [-0.2, 0) is 0 Å². The van der Waals surface area contributed by atoms with E-state index in [0.717, 1.165) is 37.2 Å². The first-order chi connectivity index (χ1) is 7.80. The van der Waals surface area contributed by atoms with Crippen LogP contribution in [0.5, 0.6) is 0 Å². The van der Waals surface area contributed by atoms with Crippen LogP contribution in [0.4, 0.5) is 0 Å². The Morgan fingerprint density at radius 3 is 2.69 bits per heavy atom. The van der Waals surface area contributed by atoms with Gasteiger partial charge in [-0.15, -0.1) is 11.8 Å². The standard InChI is InChI=1S/C13H19NOS/c1-3-14(4-2)8-9-16-13-7-5-6-12(10-13)11-15/h5-7,10-11H,3-4,8-9H2,1-2H3. The Morgan fingerprint density at radius 1 is 1.31 bits per heavy atom. The van der Waals surface area contributed by atoms with E-state index in [0.29, 0.717) is 0 Å². The van der Waals surface area contributed by atoms with Crippen LogP contribution >= 0.6 is 11.8 Å². The third kappa shape index (κ3) is 4.37. The van der Waals surface area contributed by atoms with E-state index in [2.05, 4.69) is 24.8 Å². The Balaban J connectivity index is 2.39. The summed E-state index contributed by atoms with van der Waals surface area (Å²) in [5.41, 5.74) is 0.757. The van der Waals surface area contributed by atoms with E-state index in [1.807, 2.05) is 30.0 Å². The highest BCUT2D eigenvalue weighted by Gasteiger charge is 2.00. The van der Waals surface area contributed by atoms with E-state index in [-0.39, 0.29) is 0 Å². The van der Waals surface area contributed by atoms with Crippen molar-refractivity contribution in [3.05, 3.63) is 29.8 Å². The smallest absolute Gasteiger partial charge is 0.150 e. The van der Waals surface area contributed by atoms with Gasteiger partial charge in [-0.3, -0.25) is 4.79 Å². The number of benzene rings is 1. The zero-order valence-electron chi connectivity index (χ0n) is 9.98. The van der Waals surface area contributed by atoms with Gasteiger partial charge in [0.1, 0.15) is 6.29 Å². The number of hydrogen-bond acceptors (Lipinski definition) is 3. The molecule has 0 fully saturated rings. The summed E-state index contributed by atoms with van der Waals surface area (Å²) in [6.45, 7) is 7.67. The van der Waals surface area contributed by atoms with E-state index in [1.165, 1.54) is 4.90 Å². The van der Waals surface area contributed by atoms with Crippen LogP contribution in [0.1, 0.15) is 24.2 Å². The van der Waals surface area contributed by atoms with Crippen LogP contribution < -0.4 is 0 Å². The van der Waals surface area contributed by atoms with Crippen LogP contribution in [0.2, 0.25) is 0 Å². The predicted molar refractivity (Wildman–Crippen MR) is 70.3 cm³/mol. The molecule has 0 bridgehead atoms. The molecule has 16 heavy (non-hydrogen) atoms. The second kappa shape index (κ2) is 7.47. The largest absolute Gasteiger partial charge is 0.303 e. The second-order valence-corrected chi connectivity index (χ2v) is 4.73. The monoisotopic (exact) mass is 237 g/mol. The summed E-state index contributed by atoms with van der Waals surface area (Å²) in [5, 5.41) is 0. The lowest BCUT2D eigenvalue weighted by Crippen LogP contribution is -2.25. The van der Waals surface area contributed by atoms with Crippen molar-refractivity contribution in [2.45, 2.75) is 18.7 Å². The molecule has 3 heteroatoms. The molecule has 1 rings (SSSR count). The lowest BCUT2D eigenvalue weighted by molar-refractivity contribution is 0.112. The maximum Gasteiger partial charge on any atom is 0.150 e. The molecular formula is C13H19NOS. The third-order valence-electron chi connectivity index (χ3n) is 2.56. The van der Waals surface area contributed by atoms with Gasteiger partial charge in [0.15, 0.2) is 0 Å². The minimum absolute atomic E-state index is 0.757. The summed E-state index contributed by atoms with van der Waals surface area (Å²) in [7, 11) is 0. The maximum absolute atomic E-state index is 10.6. The molecule has 0 N–H and O–H groups in total. The molecule has 0 saturated carbocycles. The molecule has 0 aliphatic rings. The van der Waals surface area contributed by atoms with E-state index in [4.69, 9.17) is 0 Å². The first kappa shape index (κ1) is 13.3. The van der Waals surface area contributed by atoms with E-state index in [1.54, 1.807) is 0 Å². The first-order valence-corrected chi connectivity index (χ1v) is 6.69. The minimum Gasteiger partial charge on any atom is -0.303 e. The Labute approximate surface area is 102 Å². The molecule has 0 radical (unpaired) electrons. The number of thioether (sulfide) groups is 1. The average Bonchev–Trinajstić information content (AvgIpc) is 2.35. The molecule has 0 spiro atoms. The highest BCUT2D eigenvalue weighted by Crippen LogP contribution is 2.18. The number of hydrogen-bond donors (Lipinski definition) is 0. The van der Waals surface area contributed by atoms with Gasteiger partial charge < -0.3 is 4.90 Å². The van der Waals surface area contributed by atoms with Crippen LogP contribution in [0.25, 0.3) is 0 Å². The number of nitrogens with zero attached hydrogens (tertiary/aromatic N) is 1. The van der Waals surface area contributed by atoms with Gasteiger partial charge in [0, 0.05) is 22.8 Å². The predicted octanol–water partition coefficient (Wildman–Crippen LogP) is 2.93. The normalized spacial score (nSPS) is 10.7. The van der Waals surface area contributed by atoms with Crippen molar-refractivity contribution in [3.63, 3.8) is 0 Å². The highest BCUT2D eigenvalue weighted by molar-refractivity contribution is 7.99. The van der Waals surface area contributed by atoms with Gasteiger partial charge in [-0.05, 0) is 25.2 Å². The lowest BCUT2D eigenvalue weighted by Gasteiger charge is -2.17. The molecule has 0 aliphatic carbocycles. The Kier molecular flexibility index (Phi) is 6.19. The van der Waals surface area contributed by atoms with Crippen LogP contribution in [0, 0.1) is 0 Å². The van der Waals surface area contributed by atoms with Crippen LogP contribution in [-0.4, -0.2) is 36.6 Å². The molecule has 0 amide bonds. The van der Waals surface area contributed by atoms with Gasteiger partial charge >= 0.3 is 0 Å². The minimum atomic E-state index is 0.757. The SMILES string of the molecule is CCN(CC)CCSc1cccc(C=O)c1. The molecule has 0 aliphatic heterocycles. The van der Waals surface area contributed by atoms with Crippen molar-refractivity contribution in [2.24, 2.45) is 0 Å². The molecule has 0 heterocycles. The van der Waals surface area contributed by atoms with E-state index in [9.17, 15) is 4.79 Å². The fourth-order valence-corrected chi connectivity index (χ4v) is 2.49. The maximum atomic E-state index is 10.6. The molecule has 0 atom stereocenters. The molecule has 1 aromatic carbocycles. The summed E-state index contributed by atoms with van der Waals surface area (Å²) in [4.78, 5) is 14.2. The number of carbonyl (C=O) groups is 1. The second-order valence-electron chi connectivity index (χ2n) is 3.57. The third-order valence-corrected chi connectivity index (χ3v) is 3.54. The topological polar surface area (TPSA) is 20.3 Å². The number of rotatable bonds is 7. The van der Waals surface area contributed by atoms with Crippen molar-refractivity contribution in [1.82, 2.24) is 4.90 Å². The lowest BCUT2D eigenvalue weighted by atomic mass is 10.2. The van der Waals surface area contributed by atoms with Gasteiger partial charge in [-0.2, -0.15) is 0 Å². The molecular weight excluding hydrogens is 218 g/mol. The summed E-state index contributed by atoms with van der Waals surface area (Å²) in [5.74, 6) is 1.07. The van der Waals surface area contributed by atoms with Gasteiger partial charge in [0.25, 0.3) is 0 Å². The Morgan fingerprint density at radius 2 is 2.06 bits per heavy atom. The fourth-order valence-electron chi connectivity index (χ4n) is 1.51. The van der Waals surface area contributed by atoms with Gasteiger partial charge in [-0.25, -0.2) is 0 Å². The molecule has 0 aromatic heterocycles. The highest BCUT2D eigenvalue weighted by atomic mass is 32.2. The van der Waals surface area contributed by atoms with Crippen LogP contribution in [0.3, 0.4) is 0 Å². The first-order valence-electron chi connectivity index (χ1n) is 5.70. The number of carbonyl (C=O) groups excluding carboxylic acids is 1. The molecule has 0 unspecified atom stereocenters. The van der Waals surface area contributed by atoms with Crippen molar-refractivity contribution in [2.75, 3.05) is 25.4 Å². The van der Waals surface area contributed by atoms with Crippen molar-refractivity contribution < 1.29 is 4.79 Å². The molecule has 2 nitrogen and oxygen atoms in total. The summed E-state index contributed by atoms with van der Waals surface area (Å²) >= 11 is 1.81. The zero-order chi connectivity index (χ0) is 11.8. The summed E-state index contributed by atoms with van der Waals surface area (Å²) in [6, 6.07) is 7.77. The molecule has 1 aromatic rings. The quantitative estimate of drug-likeness (QED) is 0.537. The van der Waals surface area contributed by atoms with Gasteiger partial charge in [-0.1, -0.05) is 26.0 Å². The summed E-state index contributed by atoms with van der Waals surface area (Å²) < 4.78 is 0. The van der Waals surface area contributed by atoms with E-state index < -0.39 is 0 Å². The van der Waals surface area contributed by atoms with Gasteiger partial charge in [0.2, 0.25) is 0 Å². The Hall–Kier alpha value is -0.800. The number of aldehydes is 1.